The molecule has 0 heterocycles. The van der Waals surface area contributed by atoms with E-state index in [0.717, 1.165) is 6.07 Å². The summed E-state index contributed by atoms with van der Waals surface area (Å²) in [4.78, 5) is 34.5. The molecule has 0 saturated heterocycles. The van der Waals surface area contributed by atoms with E-state index in [4.69, 9.17) is 5.11 Å². The molecule has 1 aromatic rings. The minimum absolute atomic E-state index is 0.0498. The summed E-state index contributed by atoms with van der Waals surface area (Å²) in [6.07, 6.45) is 0. The number of hydrogen-bond acceptors (Lipinski definition) is 5. The van der Waals surface area contributed by atoms with E-state index in [-0.39, 0.29) is 24.2 Å². The van der Waals surface area contributed by atoms with Crippen LogP contribution in [0.5, 0.6) is 0 Å². The molecule has 0 fully saturated rings. The molecule has 114 valence electrons. The molecule has 0 aliphatic heterocycles. The number of nitro groups is 1. The Morgan fingerprint density at radius 1 is 1.43 bits per heavy atom. The van der Waals surface area contributed by atoms with E-state index in [1.807, 2.05) is 0 Å². The predicted molar refractivity (Wildman–Crippen MR) is 76.6 cm³/mol. The van der Waals surface area contributed by atoms with Crippen molar-refractivity contribution in [3.63, 3.8) is 0 Å². The average Bonchev–Trinajstić information content (AvgIpc) is 2.36. The number of nitrogens with one attached hydrogen (secondary N) is 1. The SMILES string of the molecule is CC(C)NC(=O)CN(C)c1cccc(C(=O)O)c1[N+](=O)[O-]. The maximum Gasteiger partial charge on any atom is 0.342 e. The van der Waals surface area contributed by atoms with Gasteiger partial charge in [-0.3, -0.25) is 14.9 Å². The second kappa shape index (κ2) is 6.69. The zero-order valence-corrected chi connectivity index (χ0v) is 12.0. The van der Waals surface area contributed by atoms with Gasteiger partial charge in [-0.1, -0.05) is 6.07 Å². The smallest absolute Gasteiger partial charge is 0.342 e. The predicted octanol–water partition coefficient (Wildman–Crippen LogP) is 1.25. The van der Waals surface area contributed by atoms with Gasteiger partial charge in [-0.05, 0) is 26.0 Å². The van der Waals surface area contributed by atoms with Gasteiger partial charge < -0.3 is 15.3 Å². The standard InChI is InChI=1S/C13H17N3O5/c1-8(2)14-11(17)7-15(3)10-6-4-5-9(13(18)19)12(10)16(20)21/h4-6,8H,7H2,1-3H3,(H,14,17)(H,18,19). The van der Waals surface area contributed by atoms with E-state index in [2.05, 4.69) is 5.32 Å². The topological polar surface area (TPSA) is 113 Å². The molecule has 0 bridgehead atoms. The first kappa shape index (κ1) is 16.4. The summed E-state index contributed by atoms with van der Waals surface area (Å²) in [6.45, 7) is 3.49. The first-order chi connectivity index (χ1) is 9.73. The molecule has 0 spiro atoms. The largest absolute Gasteiger partial charge is 0.477 e. The van der Waals surface area contributed by atoms with Gasteiger partial charge in [-0.25, -0.2) is 4.79 Å². The number of para-hydroxylation sites is 1. The third kappa shape index (κ3) is 4.16. The van der Waals surface area contributed by atoms with Crippen LogP contribution in [0.1, 0.15) is 24.2 Å². The summed E-state index contributed by atoms with van der Waals surface area (Å²) in [5, 5.41) is 22.8. The molecule has 0 atom stereocenters. The van der Waals surface area contributed by atoms with Gasteiger partial charge in [0.2, 0.25) is 5.91 Å². The van der Waals surface area contributed by atoms with Crippen molar-refractivity contribution in [2.45, 2.75) is 19.9 Å². The van der Waals surface area contributed by atoms with Crippen LogP contribution in [0.4, 0.5) is 11.4 Å². The van der Waals surface area contributed by atoms with Crippen molar-refractivity contribution in [1.82, 2.24) is 5.32 Å². The summed E-state index contributed by atoms with van der Waals surface area (Å²) in [7, 11) is 1.49. The van der Waals surface area contributed by atoms with Crippen molar-refractivity contribution in [1.29, 1.82) is 0 Å². The number of carboxylic acid groups (broad SMARTS) is 1. The minimum atomic E-state index is -1.39. The van der Waals surface area contributed by atoms with Crippen molar-refractivity contribution in [3.8, 4) is 0 Å². The molecule has 8 heteroatoms. The van der Waals surface area contributed by atoms with Crippen LogP contribution in [0.25, 0.3) is 0 Å². The number of carbonyl (C=O) groups excluding carboxylic acids is 1. The van der Waals surface area contributed by atoms with Gasteiger partial charge in [0.15, 0.2) is 0 Å². The van der Waals surface area contributed by atoms with Crippen LogP contribution in [0.3, 0.4) is 0 Å². The average molecular weight is 295 g/mol. The van der Waals surface area contributed by atoms with Gasteiger partial charge in [0.25, 0.3) is 0 Å². The van der Waals surface area contributed by atoms with Crippen LogP contribution in [0.2, 0.25) is 0 Å². The zero-order chi connectivity index (χ0) is 16.2. The highest BCUT2D eigenvalue weighted by Gasteiger charge is 2.26. The second-order valence-corrected chi connectivity index (χ2v) is 4.81. The number of carboxylic acids is 1. The number of amides is 1. The molecule has 8 nitrogen and oxygen atoms in total. The van der Waals surface area contributed by atoms with Gasteiger partial charge in [-0.2, -0.15) is 0 Å². The van der Waals surface area contributed by atoms with E-state index in [1.165, 1.54) is 24.1 Å². The Bertz CT molecular complexity index is 571. The molecular formula is C13H17N3O5. The number of nitro benzene ring substituents is 1. The van der Waals surface area contributed by atoms with Gasteiger partial charge >= 0.3 is 11.7 Å². The highest BCUT2D eigenvalue weighted by molar-refractivity contribution is 5.96. The Morgan fingerprint density at radius 3 is 2.52 bits per heavy atom. The van der Waals surface area contributed by atoms with Gasteiger partial charge in [-0.15, -0.1) is 0 Å². The third-order valence-corrected chi connectivity index (χ3v) is 2.67. The molecule has 0 unspecified atom stereocenters. The lowest BCUT2D eigenvalue weighted by Crippen LogP contribution is -2.38. The van der Waals surface area contributed by atoms with Crippen LogP contribution in [-0.2, 0) is 4.79 Å². The number of rotatable bonds is 6. The molecule has 0 aliphatic carbocycles. The fraction of sp³-hybridized carbons (Fsp3) is 0.385. The summed E-state index contributed by atoms with van der Waals surface area (Å²) >= 11 is 0. The molecule has 2 N–H and O–H groups in total. The maximum atomic E-state index is 11.7. The van der Waals surface area contributed by atoms with Crippen LogP contribution in [0.15, 0.2) is 18.2 Å². The lowest BCUT2D eigenvalue weighted by molar-refractivity contribution is -0.384. The van der Waals surface area contributed by atoms with E-state index in [1.54, 1.807) is 13.8 Å². The minimum Gasteiger partial charge on any atom is -0.477 e. The maximum absolute atomic E-state index is 11.7. The fourth-order valence-electron chi connectivity index (χ4n) is 1.87. The number of benzene rings is 1. The number of anilines is 1. The van der Waals surface area contributed by atoms with Gasteiger partial charge in [0.1, 0.15) is 11.3 Å². The summed E-state index contributed by atoms with van der Waals surface area (Å²) < 4.78 is 0. The van der Waals surface area contributed by atoms with Crippen molar-refractivity contribution < 1.29 is 19.6 Å². The van der Waals surface area contributed by atoms with E-state index in [0.29, 0.717) is 0 Å². The molecule has 0 saturated carbocycles. The number of nitrogens with zero attached hydrogens (tertiary/aromatic N) is 2. The Morgan fingerprint density at radius 2 is 2.05 bits per heavy atom. The van der Waals surface area contributed by atoms with Crippen molar-refractivity contribution in [3.05, 3.63) is 33.9 Å². The molecule has 0 aliphatic rings. The Kier molecular flexibility index (Phi) is 5.23. The van der Waals surface area contributed by atoms with Gasteiger partial charge in [0.05, 0.1) is 11.5 Å². The van der Waals surface area contributed by atoms with Crippen molar-refractivity contribution >= 4 is 23.3 Å². The first-order valence-corrected chi connectivity index (χ1v) is 6.25. The third-order valence-electron chi connectivity index (χ3n) is 2.67. The van der Waals surface area contributed by atoms with Crippen molar-refractivity contribution in [2.75, 3.05) is 18.5 Å². The fourth-order valence-corrected chi connectivity index (χ4v) is 1.87. The van der Waals surface area contributed by atoms with E-state index >= 15 is 0 Å². The molecule has 1 rings (SSSR count). The van der Waals surface area contributed by atoms with Crippen LogP contribution in [0, 0.1) is 10.1 Å². The molecule has 0 radical (unpaired) electrons. The summed E-state index contributed by atoms with van der Waals surface area (Å²) in [5.41, 5.74) is -0.850. The Balaban J connectivity index is 3.12. The summed E-state index contributed by atoms with van der Waals surface area (Å²) in [6, 6.07) is 3.92. The zero-order valence-electron chi connectivity index (χ0n) is 12.0. The van der Waals surface area contributed by atoms with Crippen molar-refractivity contribution in [2.24, 2.45) is 0 Å². The monoisotopic (exact) mass is 295 g/mol. The molecule has 21 heavy (non-hydrogen) atoms. The lowest BCUT2D eigenvalue weighted by atomic mass is 10.1. The molecule has 1 amide bonds. The molecule has 1 aromatic carbocycles. The Hall–Kier alpha value is -2.64. The molecular weight excluding hydrogens is 278 g/mol. The quantitative estimate of drug-likeness (QED) is 0.603. The highest BCUT2D eigenvalue weighted by atomic mass is 16.6. The summed E-state index contributed by atoms with van der Waals surface area (Å²) in [5.74, 6) is -1.69. The second-order valence-electron chi connectivity index (χ2n) is 4.81. The number of likely N-dealkylation sites (N-methyl/N-ethyl adjacent to an activating group) is 1. The van der Waals surface area contributed by atoms with Crippen LogP contribution < -0.4 is 10.2 Å². The highest BCUT2D eigenvalue weighted by Crippen LogP contribution is 2.31. The number of aromatic carboxylic acids is 1. The van der Waals surface area contributed by atoms with Crippen LogP contribution in [-0.4, -0.2) is 41.5 Å². The normalized spacial score (nSPS) is 10.3. The van der Waals surface area contributed by atoms with E-state index < -0.39 is 22.1 Å². The Labute approximate surface area is 121 Å². The van der Waals surface area contributed by atoms with E-state index in [9.17, 15) is 19.7 Å². The molecule has 0 aromatic heterocycles. The van der Waals surface area contributed by atoms with Gasteiger partial charge in [0, 0.05) is 13.1 Å². The number of hydrogen-bond donors (Lipinski definition) is 2. The van der Waals surface area contributed by atoms with Crippen LogP contribution >= 0.6 is 0 Å². The number of carbonyl (C=O) groups is 2. The lowest BCUT2D eigenvalue weighted by Gasteiger charge is -2.20. The first-order valence-electron chi connectivity index (χ1n) is 6.25.